The van der Waals surface area contributed by atoms with Gasteiger partial charge in [0, 0.05) is 44.3 Å². The van der Waals surface area contributed by atoms with Gasteiger partial charge in [-0.25, -0.2) is 0 Å². The molecule has 0 spiro atoms. The van der Waals surface area contributed by atoms with Gasteiger partial charge >= 0.3 is 0 Å². The molecule has 2 amide bonds. The minimum Gasteiger partial charge on any atom is -0.396 e. The number of nitrogens with zero attached hydrogens (tertiary/aromatic N) is 2. The Bertz CT molecular complexity index is 932. The van der Waals surface area contributed by atoms with Gasteiger partial charge in [0.15, 0.2) is 0 Å². The lowest BCUT2D eigenvalue weighted by Gasteiger charge is -2.25. The summed E-state index contributed by atoms with van der Waals surface area (Å²) in [6.07, 6.45) is 0.939. The zero-order valence-corrected chi connectivity index (χ0v) is 17.8. The van der Waals surface area contributed by atoms with E-state index in [1.807, 2.05) is 18.2 Å². The molecule has 1 aromatic heterocycles. The molecule has 2 N–H and O–H groups in total. The van der Waals surface area contributed by atoms with Gasteiger partial charge in [-0.05, 0) is 48.9 Å². The summed E-state index contributed by atoms with van der Waals surface area (Å²) in [6.45, 7) is 2.61. The molecule has 4 rings (SSSR count). The van der Waals surface area contributed by atoms with Gasteiger partial charge in [-0.2, -0.15) is 0 Å². The van der Waals surface area contributed by atoms with Crippen molar-refractivity contribution in [1.82, 2.24) is 15.1 Å². The maximum atomic E-state index is 13.1. The lowest BCUT2D eigenvalue weighted by atomic mass is 9.97. The first-order chi connectivity index (χ1) is 13.9. The topological polar surface area (TPSA) is 72.9 Å². The van der Waals surface area contributed by atoms with Crippen LogP contribution in [0.3, 0.4) is 0 Å². The predicted molar refractivity (Wildman–Crippen MR) is 114 cm³/mol. The normalized spacial score (nSPS) is 21.8. The second kappa shape index (κ2) is 8.44. The van der Waals surface area contributed by atoms with E-state index in [0.717, 1.165) is 19.5 Å². The molecule has 1 fully saturated rings. The molecule has 3 heterocycles. The Morgan fingerprint density at radius 1 is 1.24 bits per heavy atom. The number of rotatable bonds is 4. The SMILES string of the molecule is CN1CCc2cc(C(=O)N3C[C@H](CO)[C@@H](NC(=O)c4ccc(Cl)s4)C3)ccc2C1. The number of likely N-dealkylation sites (tertiary alicyclic amines) is 1. The highest BCUT2D eigenvalue weighted by Gasteiger charge is 2.36. The van der Waals surface area contributed by atoms with Crippen LogP contribution in [0.5, 0.6) is 0 Å². The standard InChI is InChI=1S/C21H24ClN3O3S/c1-24-7-6-13-8-14(2-3-15(13)9-24)21(28)25-10-16(12-26)17(11-25)23-20(27)18-4-5-19(22)29-18/h2-5,8,16-17,26H,6-7,9-12H2,1H3,(H,23,27)/t16-,17+/m1/s1. The first-order valence-corrected chi connectivity index (χ1v) is 10.9. The summed E-state index contributed by atoms with van der Waals surface area (Å²) in [6, 6.07) is 8.99. The number of aliphatic hydroxyl groups is 1. The number of nitrogens with one attached hydrogen (secondary N) is 1. The van der Waals surface area contributed by atoms with E-state index in [4.69, 9.17) is 11.6 Å². The van der Waals surface area contributed by atoms with Gasteiger partial charge in [-0.1, -0.05) is 17.7 Å². The third-order valence-corrected chi connectivity index (χ3v) is 6.96. The Labute approximate surface area is 179 Å². The minimum atomic E-state index is -0.288. The Balaban J connectivity index is 1.45. The highest BCUT2D eigenvalue weighted by atomic mass is 35.5. The average Bonchev–Trinajstić information content (AvgIpc) is 3.33. The van der Waals surface area contributed by atoms with E-state index in [0.29, 0.717) is 27.9 Å². The monoisotopic (exact) mass is 433 g/mol. The fourth-order valence-corrected chi connectivity index (χ4v) is 5.02. The van der Waals surface area contributed by atoms with E-state index in [9.17, 15) is 14.7 Å². The molecular formula is C21H24ClN3O3S. The maximum absolute atomic E-state index is 13.1. The molecule has 2 atom stereocenters. The minimum absolute atomic E-state index is 0.0545. The number of halogens is 1. The highest BCUT2D eigenvalue weighted by Crippen LogP contribution is 2.25. The zero-order chi connectivity index (χ0) is 20.5. The molecule has 2 aromatic rings. The smallest absolute Gasteiger partial charge is 0.261 e. The molecule has 1 saturated heterocycles. The summed E-state index contributed by atoms with van der Waals surface area (Å²) < 4.78 is 0.552. The van der Waals surface area contributed by atoms with E-state index >= 15 is 0 Å². The van der Waals surface area contributed by atoms with Crippen molar-refractivity contribution in [2.45, 2.75) is 19.0 Å². The number of likely N-dealkylation sites (N-methyl/N-ethyl adjacent to an activating group) is 1. The first kappa shape index (κ1) is 20.3. The average molecular weight is 434 g/mol. The number of hydrogen-bond acceptors (Lipinski definition) is 5. The van der Waals surface area contributed by atoms with Crippen molar-refractivity contribution < 1.29 is 14.7 Å². The fourth-order valence-electron chi connectivity index (χ4n) is 4.07. The van der Waals surface area contributed by atoms with Crippen molar-refractivity contribution in [2.24, 2.45) is 5.92 Å². The molecule has 154 valence electrons. The second-order valence-electron chi connectivity index (χ2n) is 7.81. The van der Waals surface area contributed by atoms with Crippen LogP contribution < -0.4 is 5.32 Å². The molecule has 2 aliphatic rings. The van der Waals surface area contributed by atoms with E-state index in [2.05, 4.69) is 17.3 Å². The summed E-state index contributed by atoms with van der Waals surface area (Å²) in [5.41, 5.74) is 3.16. The highest BCUT2D eigenvalue weighted by molar-refractivity contribution is 7.18. The molecular weight excluding hydrogens is 410 g/mol. The summed E-state index contributed by atoms with van der Waals surface area (Å²) >= 11 is 7.12. The Morgan fingerprint density at radius 3 is 2.79 bits per heavy atom. The fraction of sp³-hybridized carbons (Fsp3) is 0.429. The number of carbonyl (C=O) groups is 2. The molecule has 6 nitrogen and oxygen atoms in total. The number of fused-ring (bicyclic) bond motifs is 1. The van der Waals surface area contributed by atoms with Crippen molar-refractivity contribution in [3.8, 4) is 0 Å². The Kier molecular flexibility index (Phi) is 5.92. The van der Waals surface area contributed by atoms with Crippen LogP contribution in [0.4, 0.5) is 0 Å². The molecule has 29 heavy (non-hydrogen) atoms. The lowest BCUT2D eigenvalue weighted by Crippen LogP contribution is -2.41. The number of thiophene rings is 1. The van der Waals surface area contributed by atoms with E-state index in [1.165, 1.54) is 22.5 Å². The molecule has 0 saturated carbocycles. The van der Waals surface area contributed by atoms with Gasteiger partial charge in [0.1, 0.15) is 0 Å². The van der Waals surface area contributed by atoms with Crippen LogP contribution in [-0.4, -0.2) is 66.1 Å². The molecule has 2 aliphatic heterocycles. The molecule has 0 aliphatic carbocycles. The molecule has 0 radical (unpaired) electrons. The van der Waals surface area contributed by atoms with Crippen LogP contribution in [0.15, 0.2) is 30.3 Å². The Morgan fingerprint density at radius 2 is 2.07 bits per heavy atom. The van der Waals surface area contributed by atoms with Crippen molar-refractivity contribution in [3.63, 3.8) is 0 Å². The summed E-state index contributed by atoms with van der Waals surface area (Å²) in [7, 11) is 2.10. The van der Waals surface area contributed by atoms with Crippen molar-refractivity contribution >= 4 is 34.8 Å². The van der Waals surface area contributed by atoms with Crippen LogP contribution >= 0.6 is 22.9 Å². The van der Waals surface area contributed by atoms with Crippen LogP contribution in [-0.2, 0) is 13.0 Å². The summed E-state index contributed by atoms with van der Waals surface area (Å²) in [4.78, 5) is 30.0. The van der Waals surface area contributed by atoms with Gasteiger partial charge in [-0.3, -0.25) is 9.59 Å². The van der Waals surface area contributed by atoms with E-state index < -0.39 is 0 Å². The van der Waals surface area contributed by atoms with Crippen LogP contribution in [0.2, 0.25) is 4.34 Å². The lowest BCUT2D eigenvalue weighted by molar-refractivity contribution is 0.0778. The summed E-state index contributed by atoms with van der Waals surface area (Å²) in [5, 5.41) is 12.7. The number of carbonyl (C=O) groups excluding carboxylic acids is 2. The maximum Gasteiger partial charge on any atom is 0.261 e. The number of amides is 2. The van der Waals surface area contributed by atoms with Crippen molar-refractivity contribution in [3.05, 3.63) is 56.2 Å². The van der Waals surface area contributed by atoms with Gasteiger partial charge in [0.05, 0.1) is 15.3 Å². The van der Waals surface area contributed by atoms with Gasteiger partial charge in [0.2, 0.25) is 0 Å². The molecule has 1 aromatic carbocycles. The quantitative estimate of drug-likeness (QED) is 0.775. The van der Waals surface area contributed by atoms with Crippen molar-refractivity contribution in [1.29, 1.82) is 0 Å². The molecule has 0 bridgehead atoms. The van der Waals surface area contributed by atoms with Gasteiger partial charge in [-0.15, -0.1) is 11.3 Å². The first-order valence-electron chi connectivity index (χ1n) is 9.71. The predicted octanol–water partition coefficient (Wildman–Crippen LogP) is 2.25. The largest absolute Gasteiger partial charge is 0.396 e. The van der Waals surface area contributed by atoms with Crippen LogP contribution in [0, 0.1) is 5.92 Å². The van der Waals surface area contributed by atoms with Gasteiger partial charge < -0.3 is 20.2 Å². The van der Waals surface area contributed by atoms with Crippen molar-refractivity contribution in [2.75, 3.05) is 33.3 Å². The third-order valence-electron chi connectivity index (χ3n) is 5.73. The van der Waals surface area contributed by atoms with Crippen LogP contribution in [0.1, 0.15) is 31.2 Å². The van der Waals surface area contributed by atoms with Gasteiger partial charge in [0.25, 0.3) is 11.8 Å². The zero-order valence-electron chi connectivity index (χ0n) is 16.2. The third kappa shape index (κ3) is 4.33. The number of aliphatic hydroxyl groups excluding tert-OH is 1. The van der Waals surface area contributed by atoms with Crippen LogP contribution in [0.25, 0.3) is 0 Å². The number of hydrogen-bond donors (Lipinski definition) is 2. The molecule has 8 heteroatoms. The summed E-state index contributed by atoms with van der Waals surface area (Å²) in [5.74, 6) is -0.469. The second-order valence-corrected chi connectivity index (χ2v) is 9.52. The molecule has 0 unspecified atom stereocenters. The number of benzene rings is 1. The van der Waals surface area contributed by atoms with E-state index in [-0.39, 0.29) is 30.4 Å². The van der Waals surface area contributed by atoms with E-state index in [1.54, 1.807) is 17.0 Å². The Hall–Kier alpha value is -1.93.